The van der Waals surface area contributed by atoms with Gasteiger partial charge in [0, 0.05) is 5.97 Å². The van der Waals surface area contributed by atoms with Crippen LogP contribution in [0.4, 0.5) is 0 Å². The van der Waals surface area contributed by atoms with Gasteiger partial charge in [0.05, 0.1) is 0 Å². The van der Waals surface area contributed by atoms with Crippen molar-refractivity contribution in [1.29, 1.82) is 0 Å². The summed E-state index contributed by atoms with van der Waals surface area (Å²) in [5.74, 6) is -0.930. The predicted octanol–water partition coefficient (Wildman–Crippen LogP) is -1.14. The summed E-state index contributed by atoms with van der Waals surface area (Å²) in [6.07, 6.45) is 7.69. The first-order valence-electron chi connectivity index (χ1n) is 4.91. The first-order chi connectivity index (χ1) is 6.27. The number of carboxylic acids is 1. The first-order valence-corrected chi connectivity index (χ1v) is 5.38. The minimum Gasteiger partial charge on any atom is -0.550 e. The molecule has 0 aliphatic heterocycles. The second kappa shape index (κ2) is 13.6. The van der Waals surface area contributed by atoms with E-state index in [4.69, 9.17) is 12.2 Å². The molecule has 0 amide bonds. The average Bonchev–Trinajstić information content (AvgIpc) is 2.09. The summed E-state index contributed by atoms with van der Waals surface area (Å²) in [7, 11) is 0. The van der Waals surface area contributed by atoms with Gasteiger partial charge in [-0.3, -0.25) is 0 Å². The smallest absolute Gasteiger partial charge is 0.550 e. The standard InChI is InChI=1S/C10H18O2S.Na/c11-10(12)8-6-4-2-1-3-5-7-9-13;/h9H,1-8H2,(H,11,12);/q;+1/p-1. The molecule has 0 bridgehead atoms. The minimum absolute atomic E-state index is 0. The topological polar surface area (TPSA) is 40.1 Å². The van der Waals surface area contributed by atoms with Crippen molar-refractivity contribution in [1.82, 2.24) is 0 Å². The van der Waals surface area contributed by atoms with Gasteiger partial charge in [0.25, 0.3) is 0 Å². The van der Waals surface area contributed by atoms with Gasteiger partial charge in [-0.15, -0.1) is 0 Å². The van der Waals surface area contributed by atoms with E-state index in [1.807, 2.05) is 0 Å². The molecule has 0 aliphatic carbocycles. The average molecular weight is 224 g/mol. The Morgan fingerprint density at radius 2 is 1.57 bits per heavy atom. The van der Waals surface area contributed by atoms with Crippen molar-refractivity contribution in [3.8, 4) is 0 Å². The SMILES string of the molecule is O=C([O-])CCCCCCCCC=S.[Na+]. The molecule has 2 nitrogen and oxygen atoms in total. The third kappa shape index (κ3) is 15.1. The summed E-state index contributed by atoms with van der Waals surface area (Å²) < 4.78 is 0. The number of carbonyl (C=O) groups is 1. The van der Waals surface area contributed by atoms with Crippen molar-refractivity contribution in [3.63, 3.8) is 0 Å². The summed E-state index contributed by atoms with van der Waals surface area (Å²) in [6, 6.07) is 0. The Morgan fingerprint density at radius 3 is 2.07 bits per heavy atom. The van der Waals surface area contributed by atoms with Gasteiger partial charge in [-0.25, -0.2) is 0 Å². The van der Waals surface area contributed by atoms with Crippen molar-refractivity contribution in [2.75, 3.05) is 0 Å². The van der Waals surface area contributed by atoms with Gasteiger partial charge in [0.15, 0.2) is 0 Å². The van der Waals surface area contributed by atoms with E-state index in [1.165, 1.54) is 19.3 Å². The summed E-state index contributed by atoms with van der Waals surface area (Å²) in [5.41, 5.74) is 0. The van der Waals surface area contributed by atoms with Gasteiger partial charge < -0.3 is 9.90 Å². The van der Waals surface area contributed by atoms with E-state index < -0.39 is 5.97 Å². The van der Waals surface area contributed by atoms with Crippen LogP contribution in [0.15, 0.2) is 0 Å². The van der Waals surface area contributed by atoms with Gasteiger partial charge >= 0.3 is 29.6 Å². The maximum absolute atomic E-state index is 10.0. The third-order valence-corrected chi connectivity index (χ3v) is 2.19. The number of hydrogen-bond acceptors (Lipinski definition) is 3. The van der Waals surface area contributed by atoms with Gasteiger partial charge in [0.1, 0.15) is 0 Å². The number of unbranched alkanes of at least 4 members (excludes halogenated alkanes) is 6. The van der Waals surface area contributed by atoms with Crippen LogP contribution in [0.2, 0.25) is 0 Å². The maximum Gasteiger partial charge on any atom is 1.00 e. The molecule has 0 saturated heterocycles. The molecule has 0 radical (unpaired) electrons. The van der Waals surface area contributed by atoms with E-state index in [2.05, 4.69) is 0 Å². The van der Waals surface area contributed by atoms with Crippen LogP contribution in [-0.4, -0.2) is 11.3 Å². The van der Waals surface area contributed by atoms with Gasteiger partial charge in [-0.05, 0) is 31.1 Å². The fourth-order valence-electron chi connectivity index (χ4n) is 1.20. The first kappa shape index (κ1) is 17.0. The van der Waals surface area contributed by atoms with E-state index >= 15 is 0 Å². The predicted molar refractivity (Wildman–Crippen MR) is 55.6 cm³/mol. The summed E-state index contributed by atoms with van der Waals surface area (Å²) in [6.45, 7) is 0. The molecule has 0 saturated carbocycles. The molecule has 0 spiro atoms. The summed E-state index contributed by atoms with van der Waals surface area (Å²) in [5, 5.41) is 11.8. The second-order valence-corrected chi connectivity index (χ2v) is 3.53. The van der Waals surface area contributed by atoms with Crippen molar-refractivity contribution in [2.24, 2.45) is 0 Å². The Morgan fingerprint density at radius 1 is 1.07 bits per heavy atom. The number of thiocarbonyl (C=S) groups is 1. The number of carbonyl (C=O) groups excluding carboxylic acids is 1. The van der Waals surface area contributed by atoms with Crippen molar-refractivity contribution in [2.45, 2.75) is 51.4 Å². The van der Waals surface area contributed by atoms with E-state index in [0.29, 0.717) is 0 Å². The number of rotatable bonds is 9. The molecular weight excluding hydrogens is 207 g/mol. The number of aliphatic carboxylic acids is 1. The van der Waals surface area contributed by atoms with Crippen molar-refractivity contribution >= 4 is 23.6 Å². The molecule has 0 fully saturated rings. The largest absolute Gasteiger partial charge is 1.00 e. The van der Waals surface area contributed by atoms with Crippen LogP contribution >= 0.6 is 12.2 Å². The Hall–Kier alpha value is 0.560. The fraction of sp³-hybridized carbons (Fsp3) is 0.800. The molecule has 14 heavy (non-hydrogen) atoms. The second-order valence-electron chi connectivity index (χ2n) is 3.20. The zero-order valence-corrected chi connectivity index (χ0v) is 11.8. The summed E-state index contributed by atoms with van der Waals surface area (Å²) in [4.78, 5) is 10.0. The molecule has 0 aliphatic rings. The molecule has 0 aromatic heterocycles. The van der Waals surface area contributed by atoms with Gasteiger partial charge in [0.2, 0.25) is 0 Å². The molecule has 0 atom stereocenters. The molecule has 0 heterocycles. The molecule has 0 rings (SSSR count). The Balaban J connectivity index is 0. The molecule has 0 aromatic carbocycles. The van der Waals surface area contributed by atoms with E-state index in [-0.39, 0.29) is 36.0 Å². The molecule has 76 valence electrons. The zero-order valence-electron chi connectivity index (χ0n) is 8.96. The molecule has 0 N–H and O–H groups in total. The molecule has 4 heteroatoms. The Kier molecular flexibility index (Phi) is 16.4. The van der Waals surface area contributed by atoms with E-state index in [1.54, 1.807) is 5.37 Å². The molecular formula is C10H17NaO2S. The number of hydrogen-bond donors (Lipinski definition) is 0. The fourth-order valence-corrected chi connectivity index (χ4v) is 1.37. The van der Waals surface area contributed by atoms with Crippen LogP contribution in [-0.2, 0) is 4.79 Å². The van der Waals surface area contributed by atoms with E-state index in [9.17, 15) is 9.90 Å². The van der Waals surface area contributed by atoms with Gasteiger partial charge in [-0.1, -0.05) is 37.9 Å². The Labute approximate surface area is 114 Å². The summed E-state index contributed by atoms with van der Waals surface area (Å²) >= 11 is 4.70. The third-order valence-electron chi connectivity index (χ3n) is 1.95. The normalized spacial score (nSPS) is 9.14. The van der Waals surface area contributed by atoms with Crippen LogP contribution in [0.3, 0.4) is 0 Å². The van der Waals surface area contributed by atoms with Crippen molar-refractivity contribution < 1.29 is 39.5 Å². The Bertz CT molecular complexity index is 151. The van der Waals surface area contributed by atoms with Crippen LogP contribution in [0.1, 0.15) is 51.4 Å². The quantitative estimate of drug-likeness (QED) is 0.282. The van der Waals surface area contributed by atoms with Crippen LogP contribution in [0, 0.1) is 0 Å². The number of carboxylic acid groups (broad SMARTS) is 1. The molecule has 0 aromatic rings. The van der Waals surface area contributed by atoms with Crippen LogP contribution in [0.5, 0.6) is 0 Å². The van der Waals surface area contributed by atoms with Crippen molar-refractivity contribution in [3.05, 3.63) is 0 Å². The van der Waals surface area contributed by atoms with Gasteiger partial charge in [-0.2, -0.15) is 0 Å². The van der Waals surface area contributed by atoms with Crippen LogP contribution in [0.25, 0.3) is 0 Å². The zero-order chi connectivity index (χ0) is 9.94. The minimum atomic E-state index is -0.930. The van der Waals surface area contributed by atoms with E-state index in [0.717, 1.165) is 25.7 Å². The molecule has 0 unspecified atom stereocenters. The monoisotopic (exact) mass is 224 g/mol. The van der Waals surface area contributed by atoms with Crippen LogP contribution < -0.4 is 34.7 Å². The maximum atomic E-state index is 10.0.